The van der Waals surface area contributed by atoms with E-state index in [9.17, 15) is 44.4 Å². The lowest BCUT2D eigenvalue weighted by Gasteiger charge is -2.16. The molecule has 0 radical (unpaired) electrons. The van der Waals surface area contributed by atoms with E-state index in [0.29, 0.717) is 79.3 Å². The third-order valence-corrected chi connectivity index (χ3v) is 19.7. The van der Waals surface area contributed by atoms with E-state index in [2.05, 4.69) is 10.6 Å². The van der Waals surface area contributed by atoms with Gasteiger partial charge in [-0.2, -0.15) is 0 Å². The minimum Gasteiger partial charge on any atom is -0.497 e. The molecule has 0 aliphatic heterocycles. The molecule has 650 valence electrons. The van der Waals surface area contributed by atoms with Crippen molar-refractivity contribution < 1.29 is 102 Å². The predicted molar refractivity (Wildman–Crippen MR) is 488 cm³/mol. The highest BCUT2D eigenvalue weighted by Gasteiger charge is 2.24. The Kier molecular flexibility index (Phi) is 39.4. The fourth-order valence-corrected chi connectivity index (χ4v) is 12.8. The fourth-order valence-electron chi connectivity index (χ4n) is 12.8. The zero-order valence-corrected chi connectivity index (χ0v) is 71.4. The third-order valence-electron chi connectivity index (χ3n) is 19.7. The van der Waals surface area contributed by atoms with Crippen LogP contribution in [-0.4, -0.2) is 129 Å². The summed E-state index contributed by atoms with van der Waals surface area (Å²) in [5, 5.41) is 70.1. The van der Waals surface area contributed by atoms with E-state index in [4.69, 9.17) is 58.0 Å². The molecule has 125 heavy (non-hydrogen) atoms. The predicted octanol–water partition coefficient (Wildman–Crippen LogP) is 16.6. The summed E-state index contributed by atoms with van der Waals surface area (Å²) in [6.45, 7) is -0.728. The number of methoxy groups -OCH3 is 9. The van der Waals surface area contributed by atoms with Gasteiger partial charge in [-0.05, 0) is 250 Å². The van der Waals surface area contributed by atoms with Crippen LogP contribution in [0.15, 0.2) is 253 Å². The molecule has 0 spiro atoms. The van der Waals surface area contributed by atoms with Gasteiger partial charge in [-0.25, -0.2) is 0 Å². The highest BCUT2D eigenvalue weighted by molar-refractivity contribution is 6.16. The van der Waals surface area contributed by atoms with E-state index in [1.807, 2.05) is 146 Å². The number of ketones is 3. The van der Waals surface area contributed by atoms with Gasteiger partial charge in [0, 0.05) is 57.4 Å². The van der Waals surface area contributed by atoms with Gasteiger partial charge in [-0.3, -0.25) is 24.0 Å². The van der Waals surface area contributed by atoms with Crippen molar-refractivity contribution >= 4 is 89.1 Å². The third kappa shape index (κ3) is 29.9. The molecule has 0 heterocycles. The number of carbonyl (C=O) groups excluding carboxylic acids is 5. The minimum atomic E-state index is -0.302. The highest BCUT2D eigenvalue weighted by atomic mass is 16.5. The van der Waals surface area contributed by atoms with Crippen LogP contribution in [-0.2, 0) is 70.2 Å². The highest BCUT2D eigenvalue weighted by Crippen LogP contribution is 2.39. The number of nitrogens with one attached hydrogen (secondary N) is 2. The number of benzene rings is 10. The van der Waals surface area contributed by atoms with Crippen LogP contribution in [0.3, 0.4) is 0 Å². The molecule has 2 amide bonds. The number of Topliss-reactive ketones (excluding diaryl/α,β-unsaturated/α-hetero) is 2. The van der Waals surface area contributed by atoms with E-state index >= 15 is 0 Å². The molecular formula is C102H106N2O21. The molecule has 23 nitrogen and oxygen atoms in total. The number of hydrogen-bond donors (Lipinski definition) is 9. The topological polar surface area (TPSA) is 334 Å². The Balaban J connectivity index is 0.000000194. The molecule has 9 N–H and O–H groups in total. The summed E-state index contributed by atoms with van der Waals surface area (Å²) in [5.41, 5.74) is 16.6. The van der Waals surface area contributed by atoms with Crippen molar-refractivity contribution in [3.8, 4) is 51.7 Å². The SMILES string of the molecule is COc1cc(/C=C/C(=O)/C=C/c2cc(OC)c(OC)c(OC)c2)cc(CO)c1CO.COc1ccc(/C=C2\CC/C(=C\c3ccc(CO)cc3)C2=O)cc1.COc1ccc(/C=C2\CCC/C(=C\c3ccc(CO)cc3)C2=O)cc1.COc1ccc(NC(=O)/C=C/c2ccc(CO)c(CO)c2)cc1OC.COc1ccc(NC(=O)/C=C/c2ccc(CO)cc2)cc1. The second-order valence-electron chi connectivity index (χ2n) is 27.9. The maximum Gasteiger partial charge on any atom is 0.248 e. The van der Waals surface area contributed by atoms with Crippen LogP contribution < -0.4 is 53.3 Å². The summed E-state index contributed by atoms with van der Waals surface area (Å²) >= 11 is 0. The molecule has 2 fully saturated rings. The van der Waals surface area contributed by atoms with Gasteiger partial charge in [0.2, 0.25) is 17.6 Å². The van der Waals surface area contributed by atoms with Crippen molar-refractivity contribution in [2.75, 3.05) is 74.6 Å². The van der Waals surface area contributed by atoms with Crippen LogP contribution in [0.1, 0.15) is 116 Å². The minimum absolute atomic E-state index is 0.0158. The van der Waals surface area contributed by atoms with Gasteiger partial charge in [0.15, 0.2) is 40.3 Å². The number of amides is 2. The molecule has 0 unspecified atom stereocenters. The Bertz CT molecular complexity index is 5230. The van der Waals surface area contributed by atoms with E-state index in [1.54, 1.807) is 138 Å². The van der Waals surface area contributed by atoms with E-state index in [0.717, 1.165) is 122 Å². The maximum absolute atomic E-state index is 12.8. The number of allylic oxidation sites excluding steroid dienone is 6. The summed E-state index contributed by atoms with van der Waals surface area (Å²) in [7, 11) is 14.0. The summed E-state index contributed by atoms with van der Waals surface area (Å²) < 4.78 is 46.9. The first-order chi connectivity index (χ1) is 60.7. The molecule has 12 rings (SSSR count). The van der Waals surface area contributed by atoms with Gasteiger partial charge < -0.3 is 89.0 Å². The summed E-state index contributed by atoms with van der Waals surface area (Å²) in [6, 6.07) is 62.3. The summed E-state index contributed by atoms with van der Waals surface area (Å²) in [6.07, 6.45) is 24.3. The molecular weight excluding hydrogens is 1590 g/mol. The Morgan fingerprint density at radius 2 is 0.648 bits per heavy atom. The van der Waals surface area contributed by atoms with Crippen LogP contribution >= 0.6 is 0 Å². The molecule has 0 atom stereocenters. The Morgan fingerprint density at radius 1 is 0.296 bits per heavy atom. The number of rotatable bonds is 30. The molecule has 2 aliphatic carbocycles. The quantitative estimate of drug-likeness (QED) is 0.0189. The number of hydrogen-bond acceptors (Lipinski definition) is 21. The first kappa shape index (κ1) is 96.4. The van der Waals surface area contributed by atoms with E-state index in [-0.39, 0.29) is 75.4 Å². The Morgan fingerprint density at radius 3 is 1.05 bits per heavy atom. The van der Waals surface area contributed by atoms with Gasteiger partial charge >= 0.3 is 0 Å². The first-order valence-electron chi connectivity index (χ1n) is 39.8. The molecule has 0 saturated heterocycles. The number of aliphatic hydroxyl groups excluding tert-OH is 7. The van der Waals surface area contributed by atoms with Crippen molar-refractivity contribution in [1.82, 2.24) is 0 Å². The van der Waals surface area contributed by atoms with Crippen molar-refractivity contribution in [2.45, 2.75) is 78.4 Å². The van der Waals surface area contributed by atoms with Gasteiger partial charge in [-0.15, -0.1) is 0 Å². The number of aliphatic hydroxyl groups is 7. The van der Waals surface area contributed by atoms with E-state index in [1.165, 1.54) is 59.9 Å². The zero-order valence-electron chi connectivity index (χ0n) is 71.4. The number of ether oxygens (including phenoxy) is 9. The molecule has 0 bridgehead atoms. The number of carbonyl (C=O) groups is 5. The molecule has 10 aromatic carbocycles. The molecule has 2 aliphatic rings. The van der Waals surface area contributed by atoms with Crippen LogP contribution in [0.5, 0.6) is 51.7 Å². The lowest BCUT2D eigenvalue weighted by molar-refractivity contribution is -0.113. The van der Waals surface area contributed by atoms with Gasteiger partial charge in [0.25, 0.3) is 0 Å². The largest absolute Gasteiger partial charge is 0.497 e. The Labute approximate surface area is 728 Å². The number of anilines is 2. The van der Waals surface area contributed by atoms with Crippen molar-refractivity contribution in [2.24, 2.45) is 0 Å². The summed E-state index contributed by atoms with van der Waals surface area (Å²) in [4.78, 5) is 61.5. The van der Waals surface area contributed by atoms with Crippen molar-refractivity contribution in [1.29, 1.82) is 0 Å². The monoisotopic (exact) mass is 1690 g/mol. The van der Waals surface area contributed by atoms with E-state index < -0.39 is 0 Å². The molecule has 0 aromatic heterocycles. The van der Waals surface area contributed by atoms with Crippen LogP contribution in [0.2, 0.25) is 0 Å². The van der Waals surface area contributed by atoms with Crippen molar-refractivity contribution in [3.05, 3.63) is 336 Å². The second kappa shape index (κ2) is 51.0. The maximum atomic E-state index is 12.8. The average Bonchev–Trinajstić information content (AvgIpc) is 1.74. The average molecular weight is 1700 g/mol. The van der Waals surface area contributed by atoms with Crippen LogP contribution in [0.25, 0.3) is 48.6 Å². The normalized spacial score (nSPS) is 13.6. The smallest absolute Gasteiger partial charge is 0.248 e. The van der Waals surface area contributed by atoms with Gasteiger partial charge in [0.1, 0.15) is 23.0 Å². The van der Waals surface area contributed by atoms with Gasteiger partial charge in [-0.1, -0.05) is 121 Å². The fraction of sp³-hybridized carbons (Fsp3) is 0.206. The molecule has 23 heteroatoms. The molecule has 2 saturated carbocycles. The second-order valence-corrected chi connectivity index (χ2v) is 27.9. The van der Waals surface area contributed by atoms with Crippen LogP contribution in [0, 0.1) is 0 Å². The summed E-state index contributed by atoms with van der Waals surface area (Å²) in [5.74, 6) is 4.89. The zero-order chi connectivity index (χ0) is 90.0. The van der Waals surface area contributed by atoms with Gasteiger partial charge in [0.05, 0.1) is 110 Å². The Hall–Kier alpha value is -14.0. The lowest BCUT2D eigenvalue weighted by Crippen LogP contribution is -2.12. The van der Waals surface area contributed by atoms with Crippen molar-refractivity contribution in [3.63, 3.8) is 0 Å². The standard InChI is InChI=1S/C23H26O7.C22H22O3.C21H20O3.C19H21NO5.C17H17NO3/c1-27-20-10-15(9-17(13-24)19(20)14-25)5-7-18(26)8-6-16-11-21(28-2)23(30-4)22(12-16)29-3;1-25-21-11-9-17(10-12-21)14-20-4-2-3-19(22(20)24)13-16-5-7-18(15-23)8-6-16;1-24-20-10-6-16(7-11-20)13-19-9-8-18(21(19)23)12-15-2-4-17(14-22)5-3-15;1-24-17-7-6-16(10-18(17)25-2)20-19(23)8-4-13-3-5-14(11-21)15(9-13)12-22;1-21-16-9-7-15(8-10-16)18-17(20)11-6-13-2-4-14(12-19)5-3-13/h5-12,24-25H,13-14H2,1-4H3;5-14,23H,2-4,15H2,1H3;2-7,10-13,22H,8-9,14H2,1H3;3-10,21-22H,11-12H2,1-2H3,(H,20,23);2-11,19H,12H2,1H3,(H,18,20)/b7-5+,8-6+;19-13+,20-14+;18-12+,19-13+;8-4+;11-6+. The molecule has 10 aromatic rings. The lowest BCUT2D eigenvalue weighted by atomic mass is 9.87. The van der Waals surface area contributed by atoms with Crippen LogP contribution in [0.4, 0.5) is 11.4 Å². The first-order valence-corrected chi connectivity index (χ1v) is 39.8.